The van der Waals surface area contributed by atoms with E-state index in [-0.39, 0.29) is 24.7 Å². The lowest BCUT2D eigenvalue weighted by molar-refractivity contribution is -0.141. The lowest BCUT2D eigenvalue weighted by Gasteiger charge is -2.22. The molecular weight excluding hydrogens is 361 g/mol. The largest absolute Gasteiger partial charge is 0.469 e. The molecule has 2 rings (SSSR count). The molecule has 0 saturated carbocycles. The summed E-state index contributed by atoms with van der Waals surface area (Å²) < 4.78 is 4.67. The van der Waals surface area contributed by atoms with Gasteiger partial charge in [0.2, 0.25) is 5.91 Å². The Morgan fingerprint density at radius 3 is 2.36 bits per heavy atom. The van der Waals surface area contributed by atoms with E-state index in [1.165, 1.54) is 7.11 Å². The highest BCUT2D eigenvalue weighted by Gasteiger charge is 2.17. The zero-order valence-electron chi connectivity index (χ0n) is 13.9. The minimum Gasteiger partial charge on any atom is -0.469 e. The van der Waals surface area contributed by atoms with E-state index in [0.717, 1.165) is 11.1 Å². The molecule has 0 aliphatic heterocycles. The van der Waals surface area contributed by atoms with Gasteiger partial charge in [0, 0.05) is 13.1 Å². The first-order chi connectivity index (χ1) is 12.0. The Morgan fingerprint density at radius 2 is 1.72 bits per heavy atom. The summed E-state index contributed by atoms with van der Waals surface area (Å²) in [5, 5.41) is 0.862. The summed E-state index contributed by atoms with van der Waals surface area (Å²) >= 11 is 11.9. The van der Waals surface area contributed by atoms with Gasteiger partial charge < -0.3 is 9.64 Å². The van der Waals surface area contributed by atoms with Gasteiger partial charge in [-0.3, -0.25) is 9.59 Å². The van der Waals surface area contributed by atoms with E-state index in [9.17, 15) is 9.59 Å². The minimum absolute atomic E-state index is 0.0915. The Hall–Kier alpha value is -2.04. The minimum atomic E-state index is -0.347. The summed E-state index contributed by atoms with van der Waals surface area (Å²) in [5.74, 6) is -0.438. The van der Waals surface area contributed by atoms with Gasteiger partial charge in [0.05, 0.1) is 30.0 Å². The lowest BCUT2D eigenvalue weighted by Crippen LogP contribution is -2.34. The van der Waals surface area contributed by atoms with Crippen LogP contribution in [0.5, 0.6) is 0 Å². The van der Waals surface area contributed by atoms with E-state index in [0.29, 0.717) is 23.1 Å². The number of amides is 1. The van der Waals surface area contributed by atoms with Gasteiger partial charge in [-0.15, -0.1) is 0 Å². The number of hydrogen-bond acceptors (Lipinski definition) is 3. The summed E-state index contributed by atoms with van der Waals surface area (Å²) in [6.07, 6.45) is 0.335. The van der Waals surface area contributed by atoms with Gasteiger partial charge in [-0.2, -0.15) is 0 Å². The van der Waals surface area contributed by atoms with Crippen LogP contribution in [0.25, 0.3) is 0 Å². The van der Waals surface area contributed by atoms with Crippen molar-refractivity contribution in [1.82, 2.24) is 4.90 Å². The van der Waals surface area contributed by atoms with Gasteiger partial charge >= 0.3 is 5.97 Å². The number of rotatable bonds is 7. The first-order valence-electron chi connectivity index (χ1n) is 7.82. The number of ether oxygens (including phenoxy) is 1. The van der Waals surface area contributed by atoms with E-state index in [4.69, 9.17) is 23.2 Å². The van der Waals surface area contributed by atoms with Gasteiger partial charge in [0.25, 0.3) is 0 Å². The Kier molecular flexibility index (Phi) is 7.29. The van der Waals surface area contributed by atoms with E-state index in [1.54, 1.807) is 23.1 Å². The molecule has 1 amide bonds. The van der Waals surface area contributed by atoms with Crippen LogP contribution >= 0.6 is 23.2 Å². The fraction of sp³-hybridized carbons (Fsp3) is 0.263. The first kappa shape index (κ1) is 19.3. The SMILES string of the molecule is COC(=O)CCN(Cc1ccccc1)C(=O)Cc1ccc(Cl)c(Cl)c1. The molecule has 25 heavy (non-hydrogen) atoms. The molecule has 0 atom stereocenters. The van der Waals surface area contributed by atoms with Crippen molar-refractivity contribution >= 4 is 35.1 Å². The highest BCUT2D eigenvalue weighted by Crippen LogP contribution is 2.23. The van der Waals surface area contributed by atoms with Crippen LogP contribution in [-0.4, -0.2) is 30.4 Å². The monoisotopic (exact) mass is 379 g/mol. The molecule has 0 bridgehead atoms. The summed E-state index contributed by atoms with van der Waals surface area (Å²) in [5.41, 5.74) is 1.77. The summed E-state index contributed by atoms with van der Waals surface area (Å²) in [6.45, 7) is 0.722. The van der Waals surface area contributed by atoms with Crippen molar-refractivity contribution in [1.29, 1.82) is 0 Å². The molecule has 0 aromatic heterocycles. The van der Waals surface area contributed by atoms with Gasteiger partial charge in [-0.1, -0.05) is 59.6 Å². The van der Waals surface area contributed by atoms with E-state index in [2.05, 4.69) is 4.74 Å². The molecule has 0 radical (unpaired) electrons. The quantitative estimate of drug-likeness (QED) is 0.679. The van der Waals surface area contributed by atoms with Gasteiger partial charge in [-0.25, -0.2) is 0 Å². The zero-order valence-corrected chi connectivity index (χ0v) is 15.4. The third-order valence-electron chi connectivity index (χ3n) is 3.72. The van der Waals surface area contributed by atoms with Crippen LogP contribution in [0, 0.1) is 0 Å². The van der Waals surface area contributed by atoms with Crippen LogP contribution in [0.1, 0.15) is 17.5 Å². The predicted octanol–water partition coefficient (Wildman–Crippen LogP) is 4.13. The Bertz CT molecular complexity index is 735. The normalized spacial score (nSPS) is 10.4. The summed E-state index contributed by atoms with van der Waals surface area (Å²) in [4.78, 5) is 25.8. The number of carbonyl (C=O) groups is 2. The number of halogens is 2. The molecule has 132 valence electrons. The van der Waals surface area contributed by atoms with Crippen molar-refractivity contribution in [3.8, 4) is 0 Å². The topological polar surface area (TPSA) is 46.6 Å². The van der Waals surface area contributed by atoms with Crippen molar-refractivity contribution in [3.63, 3.8) is 0 Å². The van der Waals surface area contributed by atoms with E-state index < -0.39 is 0 Å². The fourth-order valence-corrected chi connectivity index (χ4v) is 2.68. The molecule has 0 N–H and O–H groups in total. The molecule has 4 nitrogen and oxygen atoms in total. The van der Waals surface area contributed by atoms with Crippen LogP contribution < -0.4 is 0 Å². The highest BCUT2D eigenvalue weighted by atomic mass is 35.5. The first-order valence-corrected chi connectivity index (χ1v) is 8.57. The highest BCUT2D eigenvalue weighted by molar-refractivity contribution is 6.42. The Labute approximate surface area is 157 Å². The smallest absolute Gasteiger partial charge is 0.307 e. The summed E-state index contributed by atoms with van der Waals surface area (Å²) in [7, 11) is 1.33. The number of hydrogen-bond donors (Lipinski definition) is 0. The standard InChI is InChI=1S/C19H19Cl2NO3/c1-25-19(24)9-10-22(13-14-5-3-2-4-6-14)18(23)12-15-7-8-16(20)17(21)11-15/h2-8,11H,9-10,12-13H2,1H3. The van der Waals surface area contributed by atoms with Crippen LogP contribution in [0.2, 0.25) is 10.0 Å². The molecule has 0 aliphatic rings. The molecule has 6 heteroatoms. The van der Waals surface area contributed by atoms with Gasteiger partial charge in [0.1, 0.15) is 0 Å². The van der Waals surface area contributed by atoms with Crippen LogP contribution in [0.3, 0.4) is 0 Å². The fourth-order valence-electron chi connectivity index (χ4n) is 2.36. The van der Waals surface area contributed by atoms with Crippen molar-refractivity contribution in [2.45, 2.75) is 19.4 Å². The maximum Gasteiger partial charge on any atom is 0.307 e. The number of methoxy groups -OCH3 is 1. The average Bonchev–Trinajstić information content (AvgIpc) is 2.62. The molecule has 0 heterocycles. The molecule has 0 fully saturated rings. The predicted molar refractivity (Wildman–Crippen MR) is 98.7 cm³/mol. The molecule has 0 spiro atoms. The van der Waals surface area contributed by atoms with Crippen molar-refractivity contribution in [3.05, 3.63) is 69.7 Å². The second-order valence-corrected chi connectivity index (χ2v) is 6.37. The molecule has 2 aromatic carbocycles. The lowest BCUT2D eigenvalue weighted by atomic mass is 10.1. The third-order valence-corrected chi connectivity index (χ3v) is 4.46. The van der Waals surface area contributed by atoms with Gasteiger partial charge in [0.15, 0.2) is 0 Å². The van der Waals surface area contributed by atoms with Crippen molar-refractivity contribution < 1.29 is 14.3 Å². The molecular formula is C19H19Cl2NO3. The zero-order chi connectivity index (χ0) is 18.2. The van der Waals surface area contributed by atoms with Gasteiger partial charge in [-0.05, 0) is 23.3 Å². The van der Waals surface area contributed by atoms with Crippen LogP contribution in [0.4, 0.5) is 0 Å². The number of esters is 1. The Morgan fingerprint density at radius 1 is 1.00 bits per heavy atom. The Balaban J connectivity index is 2.10. The maximum atomic E-state index is 12.7. The second-order valence-electron chi connectivity index (χ2n) is 5.55. The number of nitrogens with zero attached hydrogens (tertiary/aromatic N) is 1. The summed E-state index contributed by atoms with van der Waals surface area (Å²) in [6, 6.07) is 14.8. The van der Waals surface area contributed by atoms with E-state index >= 15 is 0 Å². The molecule has 0 aliphatic carbocycles. The van der Waals surface area contributed by atoms with Crippen molar-refractivity contribution in [2.24, 2.45) is 0 Å². The molecule has 0 saturated heterocycles. The number of benzene rings is 2. The van der Waals surface area contributed by atoms with Crippen molar-refractivity contribution in [2.75, 3.05) is 13.7 Å². The molecule has 0 unspecified atom stereocenters. The average molecular weight is 380 g/mol. The van der Waals surface area contributed by atoms with E-state index in [1.807, 2.05) is 30.3 Å². The number of carbonyl (C=O) groups excluding carboxylic acids is 2. The van der Waals surface area contributed by atoms with Crippen LogP contribution in [-0.2, 0) is 27.3 Å². The molecule has 2 aromatic rings. The third kappa shape index (κ3) is 6.07. The second kappa shape index (κ2) is 9.44. The maximum absolute atomic E-state index is 12.7. The van der Waals surface area contributed by atoms with Crippen LogP contribution in [0.15, 0.2) is 48.5 Å².